The van der Waals surface area contributed by atoms with Gasteiger partial charge in [0.1, 0.15) is 5.75 Å². The standard InChI is InChI=1S/C17H29NO2/c1-7-18-16(11-9-13(3)19-5)15-10-8-12(2)14(4)17(15)20-6/h8,10,13,16,18H,7,9,11H2,1-6H3. The number of aryl methyl sites for hydroxylation is 1. The Labute approximate surface area is 123 Å². The Morgan fingerprint density at radius 3 is 2.40 bits per heavy atom. The summed E-state index contributed by atoms with van der Waals surface area (Å²) in [7, 11) is 3.52. The Bertz CT molecular complexity index is 418. The molecule has 1 aromatic carbocycles. The molecule has 0 bridgehead atoms. The van der Waals surface area contributed by atoms with E-state index in [2.05, 4.69) is 45.1 Å². The maximum Gasteiger partial charge on any atom is 0.126 e. The molecule has 3 heteroatoms. The van der Waals surface area contributed by atoms with Gasteiger partial charge in [-0.3, -0.25) is 0 Å². The van der Waals surface area contributed by atoms with Gasteiger partial charge in [-0.2, -0.15) is 0 Å². The van der Waals surface area contributed by atoms with Crippen LogP contribution in [-0.4, -0.2) is 26.9 Å². The van der Waals surface area contributed by atoms with Gasteiger partial charge in [-0.05, 0) is 51.3 Å². The molecule has 0 saturated carbocycles. The van der Waals surface area contributed by atoms with E-state index >= 15 is 0 Å². The molecule has 20 heavy (non-hydrogen) atoms. The van der Waals surface area contributed by atoms with Crippen LogP contribution in [-0.2, 0) is 4.74 Å². The first-order valence-electron chi connectivity index (χ1n) is 7.45. The van der Waals surface area contributed by atoms with E-state index in [0.717, 1.165) is 25.1 Å². The van der Waals surface area contributed by atoms with Gasteiger partial charge < -0.3 is 14.8 Å². The van der Waals surface area contributed by atoms with Crippen LogP contribution in [0, 0.1) is 13.8 Å². The number of methoxy groups -OCH3 is 2. The zero-order valence-electron chi connectivity index (χ0n) is 13.7. The van der Waals surface area contributed by atoms with Crippen molar-refractivity contribution >= 4 is 0 Å². The summed E-state index contributed by atoms with van der Waals surface area (Å²) in [6, 6.07) is 4.68. The van der Waals surface area contributed by atoms with E-state index in [1.165, 1.54) is 16.7 Å². The van der Waals surface area contributed by atoms with Gasteiger partial charge in [0.15, 0.2) is 0 Å². The third kappa shape index (κ3) is 4.22. The zero-order chi connectivity index (χ0) is 15.1. The normalized spacial score (nSPS) is 14.1. The molecule has 0 aliphatic heterocycles. The average Bonchev–Trinajstić information content (AvgIpc) is 2.45. The first-order valence-corrected chi connectivity index (χ1v) is 7.45. The molecule has 2 atom stereocenters. The molecule has 0 spiro atoms. The molecule has 1 aromatic rings. The van der Waals surface area contributed by atoms with E-state index < -0.39 is 0 Å². The number of rotatable bonds is 8. The van der Waals surface area contributed by atoms with Crippen molar-refractivity contribution in [3.05, 3.63) is 28.8 Å². The molecule has 0 heterocycles. The van der Waals surface area contributed by atoms with E-state index in [0.29, 0.717) is 6.04 Å². The smallest absolute Gasteiger partial charge is 0.126 e. The lowest BCUT2D eigenvalue weighted by Gasteiger charge is -2.23. The van der Waals surface area contributed by atoms with Crippen LogP contribution in [0.4, 0.5) is 0 Å². The fraction of sp³-hybridized carbons (Fsp3) is 0.647. The highest BCUT2D eigenvalue weighted by molar-refractivity contribution is 5.46. The monoisotopic (exact) mass is 279 g/mol. The zero-order valence-corrected chi connectivity index (χ0v) is 13.7. The molecule has 114 valence electrons. The number of hydrogen-bond donors (Lipinski definition) is 1. The number of benzene rings is 1. The Balaban J connectivity index is 2.99. The summed E-state index contributed by atoms with van der Waals surface area (Å²) in [6.45, 7) is 9.44. The molecule has 0 fully saturated rings. The Morgan fingerprint density at radius 2 is 1.85 bits per heavy atom. The predicted molar refractivity (Wildman–Crippen MR) is 84.6 cm³/mol. The maximum atomic E-state index is 5.65. The SMILES string of the molecule is CCNC(CCC(C)OC)c1ccc(C)c(C)c1OC. The van der Waals surface area contributed by atoms with Crippen LogP contribution in [0.25, 0.3) is 0 Å². The van der Waals surface area contributed by atoms with Crippen molar-refractivity contribution in [2.45, 2.75) is 52.7 Å². The molecular formula is C17H29NO2. The first-order chi connectivity index (χ1) is 9.54. The van der Waals surface area contributed by atoms with Crippen LogP contribution in [0.1, 0.15) is 49.4 Å². The summed E-state index contributed by atoms with van der Waals surface area (Å²) in [5.74, 6) is 1.01. The molecule has 1 rings (SSSR count). The molecule has 0 amide bonds. The van der Waals surface area contributed by atoms with E-state index in [1.807, 2.05) is 0 Å². The minimum Gasteiger partial charge on any atom is -0.496 e. The van der Waals surface area contributed by atoms with Crippen LogP contribution < -0.4 is 10.1 Å². The maximum absolute atomic E-state index is 5.65. The highest BCUT2D eigenvalue weighted by atomic mass is 16.5. The van der Waals surface area contributed by atoms with Gasteiger partial charge in [-0.15, -0.1) is 0 Å². The predicted octanol–water partition coefficient (Wildman–Crippen LogP) is 3.78. The lowest BCUT2D eigenvalue weighted by molar-refractivity contribution is 0.106. The van der Waals surface area contributed by atoms with Gasteiger partial charge in [-0.1, -0.05) is 19.1 Å². The molecule has 3 nitrogen and oxygen atoms in total. The highest BCUT2D eigenvalue weighted by Gasteiger charge is 2.18. The third-order valence-corrected chi connectivity index (χ3v) is 4.00. The first kappa shape index (κ1) is 17.0. The van der Waals surface area contributed by atoms with Gasteiger partial charge in [0.05, 0.1) is 13.2 Å². The van der Waals surface area contributed by atoms with Gasteiger partial charge in [0.2, 0.25) is 0 Å². The number of ether oxygens (including phenoxy) is 2. The van der Waals surface area contributed by atoms with Crippen LogP contribution in [0.3, 0.4) is 0 Å². The largest absolute Gasteiger partial charge is 0.496 e. The van der Waals surface area contributed by atoms with E-state index in [9.17, 15) is 0 Å². The van der Waals surface area contributed by atoms with E-state index in [1.54, 1.807) is 14.2 Å². The summed E-state index contributed by atoms with van der Waals surface area (Å²) in [5.41, 5.74) is 3.75. The third-order valence-electron chi connectivity index (χ3n) is 4.00. The summed E-state index contributed by atoms with van der Waals surface area (Å²) in [4.78, 5) is 0. The Kier molecular flexibility index (Phi) is 7.03. The molecular weight excluding hydrogens is 250 g/mol. The summed E-state index contributed by atoms with van der Waals surface area (Å²) >= 11 is 0. The Morgan fingerprint density at radius 1 is 1.15 bits per heavy atom. The molecule has 0 radical (unpaired) electrons. The minimum absolute atomic E-state index is 0.286. The lowest BCUT2D eigenvalue weighted by Crippen LogP contribution is -2.23. The molecule has 0 aromatic heterocycles. The second-order valence-electron chi connectivity index (χ2n) is 5.36. The van der Waals surface area contributed by atoms with Crippen LogP contribution in [0.2, 0.25) is 0 Å². The number of hydrogen-bond acceptors (Lipinski definition) is 3. The quantitative estimate of drug-likeness (QED) is 0.785. The van der Waals surface area contributed by atoms with Gasteiger partial charge in [0.25, 0.3) is 0 Å². The minimum atomic E-state index is 0.286. The van der Waals surface area contributed by atoms with Crippen molar-refractivity contribution in [3.8, 4) is 5.75 Å². The van der Waals surface area contributed by atoms with Gasteiger partial charge in [-0.25, -0.2) is 0 Å². The van der Waals surface area contributed by atoms with Crippen molar-refractivity contribution < 1.29 is 9.47 Å². The van der Waals surface area contributed by atoms with Crippen molar-refractivity contribution in [3.63, 3.8) is 0 Å². The van der Waals surface area contributed by atoms with Gasteiger partial charge in [0, 0.05) is 18.7 Å². The van der Waals surface area contributed by atoms with E-state index in [-0.39, 0.29) is 6.10 Å². The van der Waals surface area contributed by atoms with Crippen molar-refractivity contribution in [2.24, 2.45) is 0 Å². The highest BCUT2D eigenvalue weighted by Crippen LogP contribution is 2.33. The molecule has 0 aliphatic carbocycles. The van der Waals surface area contributed by atoms with Crippen molar-refractivity contribution in [1.29, 1.82) is 0 Å². The average molecular weight is 279 g/mol. The van der Waals surface area contributed by atoms with E-state index in [4.69, 9.17) is 9.47 Å². The molecule has 0 saturated heterocycles. The summed E-state index contributed by atoms with van der Waals surface area (Å²) in [6.07, 6.45) is 2.36. The fourth-order valence-corrected chi connectivity index (χ4v) is 2.49. The van der Waals surface area contributed by atoms with Crippen molar-refractivity contribution in [1.82, 2.24) is 5.32 Å². The summed E-state index contributed by atoms with van der Waals surface area (Å²) < 4.78 is 11.0. The second-order valence-corrected chi connectivity index (χ2v) is 5.36. The topological polar surface area (TPSA) is 30.5 Å². The van der Waals surface area contributed by atoms with Crippen LogP contribution in [0.15, 0.2) is 12.1 Å². The van der Waals surface area contributed by atoms with Crippen molar-refractivity contribution in [2.75, 3.05) is 20.8 Å². The van der Waals surface area contributed by atoms with Crippen LogP contribution in [0.5, 0.6) is 5.75 Å². The molecule has 1 N–H and O–H groups in total. The molecule has 2 unspecified atom stereocenters. The fourth-order valence-electron chi connectivity index (χ4n) is 2.49. The summed E-state index contributed by atoms with van der Waals surface area (Å²) in [5, 5.41) is 3.56. The molecule has 0 aliphatic rings. The number of nitrogens with one attached hydrogen (secondary N) is 1. The Hall–Kier alpha value is -1.06. The van der Waals surface area contributed by atoms with Crippen LogP contribution >= 0.6 is 0 Å². The van der Waals surface area contributed by atoms with Gasteiger partial charge >= 0.3 is 0 Å². The second kappa shape index (κ2) is 8.28. The lowest BCUT2D eigenvalue weighted by atomic mass is 9.95.